The Morgan fingerprint density at radius 1 is 1.82 bits per heavy atom. The van der Waals surface area contributed by atoms with Crippen molar-refractivity contribution in [3.05, 3.63) is 12.2 Å². The molecule has 0 spiro atoms. The zero-order valence-electron chi connectivity index (χ0n) is 6.70. The quantitative estimate of drug-likeness (QED) is 0.447. The Bertz CT molecular complexity index is 198. The van der Waals surface area contributed by atoms with E-state index in [2.05, 4.69) is 0 Å². The Hall–Kier alpha value is -0.830. The average Bonchev–Trinajstić information content (AvgIpc) is 2.08. The van der Waals surface area contributed by atoms with Crippen LogP contribution in [-0.4, -0.2) is 22.8 Å². The zero-order chi connectivity index (χ0) is 8.48. The summed E-state index contributed by atoms with van der Waals surface area (Å²) in [5.41, 5.74) is -0.592. The number of aliphatic hydroxyl groups is 1. The molecule has 0 radical (unpaired) electrons. The highest BCUT2D eigenvalue weighted by molar-refractivity contribution is 5.77. The lowest BCUT2D eigenvalue weighted by Crippen LogP contribution is -2.20. The lowest BCUT2D eigenvalue weighted by Gasteiger charge is -2.16. The number of esters is 1. The van der Waals surface area contributed by atoms with Gasteiger partial charge in [-0.25, -0.2) is 4.79 Å². The molecule has 0 bridgehead atoms. The Morgan fingerprint density at radius 2 is 2.45 bits per heavy atom. The number of aliphatic hydroxyl groups excluding tert-OH is 1. The Kier molecular flexibility index (Phi) is 2.00. The largest absolute Gasteiger partial charge is 0.453 e. The first-order valence-corrected chi connectivity index (χ1v) is 3.62. The second-order valence-corrected chi connectivity index (χ2v) is 2.95. The number of carbonyl (C=O) groups excluding carboxylic acids is 1. The minimum Gasteiger partial charge on any atom is -0.453 e. The van der Waals surface area contributed by atoms with Crippen LogP contribution >= 0.6 is 0 Å². The Morgan fingerprint density at radius 3 is 2.82 bits per heavy atom. The Balaban J connectivity index is 2.71. The molecule has 0 aromatic carbocycles. The standard InChI is InChI=1S/C8H12O3/c1-3-4-8(2)5-6(9)7(10)11-8/h3-4,6,9H,5H2,1-2H3/b4-3+/t6-,8-/m1/s1. The van der Waals surface area contributed by atoms with E-state index in [-0.39, 0.29) is 0 Å². The van der Waals surface area contributed by atoms with Gasteiger partial charge in [-0.15, -0.1) is 0 Å². The molecule has 1 fully saturated rings. The van der Waals surface area contributed by atoms with Crippen LogP contribution in [0.4, 0.5) is 0 Å². The van der Waals surface area contributed by atoms with Crippen LogP contribution in [0, 0.1) is 0 Å². The highest BCUT2D eigenvalue weighted by Gasteiger charge is 2.40. The third-order valence-corrected chi connectivity index (χ3v) is 1.72. The van der Waals surface area contributed by atoms with Crippen LogP contribution in [0.25, 0.3) is 0 Å². The maximum Gasteiger partial charge on any atom is 0.335 e. The van der Waals surface area contributed by atoms with E-state index in [1.807, 2.05) is 13.0 Å². The molecule has 3 heteroatoms. The van der Waals surface area contributed by atoms with Crippen molar-refractivity contribution < 1.29 is 14.6 Å². The van der Waals surface area contributed by atoms with E-state index in [9.17, 15) is 4.79 Å². The molecule has 11 heavy (non-hydrogen) atoms. The summed E-state index contributed by atoms with van der Waals surface area (Å²) in [6, 6.07) is 0. The summed E-state index contributed by atoms with van der Waals surface area (Å²) in [6.07, 6.45) is 3.00. The van der Waals surface area contributed by atoms with Gasteiger partial charge in [-0.3, -0.25) is 0 Å². The van der Waals surface area contributed by atoms with E-state index in [0.717, 1.165) is 0 Å². The van der Waals surface area contributed by atoms with Crippen molar-refractivity contribution in [2.75, 3.05) is 0 Å². The minimum atomic E-state index is -0.948. The van der Waals surface area contributed by atoms with Crippen molar-refractivity contribution in [2.45, 2.75) is 32.0 Å². The lowest BCUT2D eigenvalue weighted by molar-refractivity contribution is -0.149. The lowest BCUT2D eigenvalue weighted by atomic mass is 10.0. The van der Waals surface area contributed by atoms with Gasteiger partial charge in [0.2, 0.25) is 0 Å². The monoisotopic (exact) mass is 156 g/mol. The molecule has 0 saturated carbocycles. The first-order chi connectivity index (χ1) is 5.07. The van der Waals surface area contributed by atoms with Gasteiger partial charge in [0.05, 0.1) is 0 Å². The topological polar surface area (TPSA) is 46.5 Å². The predicted molar refractivity (Wildman–Crippen MR) is 39.9 cm³/mol. The molecule has 0 aromatic rings. The molecule has 1 aliphatic rings. The molecular formula is C8H12O3. The second-order valence-electron chi connectivity index (χ2n) is 2.95. The second kappa shape index (κ2) is 2.66. The average molecular weight is 156 g/mol. The van der Waals surface area contributed by atoms with Gasteiger partial charge in [-0.2, -0.15) is 0 Å². The van der Waals surface area contributed by atoms with Gasteiger partial charge in [0.25, 0.3) is 0 Å². The number of carbonyl (C=O) groups is 1. The number of allylic oxidation sites excluding steroid dienone is 1. The van der Waals surface area contributed by atoms with Crippen molar-refractivity contribution >= 4 is 5.97 Å². The van der Waals surface area contributed by atoms with E-state index >= 15 is 0 Å². The molecule has 1 N–H and O–H groups in total. The van der Waals surface area contributed by atoms with Gasteiger partial charge >= 0.3 is 5.97 Å². The summed E-state index contributed by atoms with van der Waals surface area (Å²) in [5.74, 6) is -0.523. The van der Waals surface area contributed by atoms with Gasteiger partial charge < -0.3 is 9.84 Å². The van der Waals surface area contributed by atoms with Crippen LogP contribution in [-0.2, 0) is 9.53 Å². The molecule has 1 heterocycles. The van der Waals surface area contributed by atoms with Crippen LogP contribution in [0.5, 0.6) is 0 Å². The van der Waals surface area contributed by atoms with Gasteiger partial charge in [0.15, 0.2) is 6.10 Å². The summed E-state index contributed by atoms with van der Waals surface area (Å²) in [4.78, 5) is 10.8. The smallest absolute Gasteiger partial charge is 0.335 e. The van der Waals surface area contributed by atoms with Gasteiger partial charge in [0.1, 0.15) is 5.60 Å². The van der Waals surface area contributed by atoms with Gasteiger partial charge in [-0.1, -0.05) is 6.08 Å². The minimum absolute atomic E-state index is 0.357. The van der Waals surface area contributed by atoms with Crippen LogP contribution < -0.4 is 0 Å². The molecule has 0 aliphatic carbocycles. The number of cyclic esters (lactones) is 1. The van der Waals surface area contributed by atoms with Crippen molar-refractivity contribution in [3.63, 3.8) is 0 Å². The summed E-state index contributed by atoms with van der Waals surface area (Å²) >= 11 is 0. The molecule has 1 rings (SSSR count). The van der Waals surface area contributed by atoms with Crippen molar-refractivity contribution in [1.82, 2.24) is 0 Å². The van der Waals surface area contributed by atoms with E-state index in [1.165, 1.54) is 0 Å². The SMILES string of the molecule is C/C=C/[C@]1(C)C[C@@H](O)C(=O)O1. The molecule has 0 amide bonds. The molecule has 0 unspecified atom stereocenters. The highest BCUT2D eigenvalue weighted by atomic mass is 16.6. The molecular weight excluding hydrogens is 144 g/mol. The molecule has 0 aromatic heterocycles. The number of hydrogen-bond donors (Lipinski definition) is 1. The van der Waals surface area contributed by atoms with Gasteiger partial charge in [0, 0.05) is 6.42 Å². The fourth-order valence-corrected chi connectivity index (χ4v) is 1.26. The van der Waals surface area contributed by atoms with E-state index in [4.69, 9.17) is 9.84 Å². The highest BCUT2D eigenvalue weighted by Crippen LogP contribution is 2.27. The molecule has 1 saturated heterocycles. The predicted octanol–water partition coefficient (Wildman–Crippen LogP) is 0.629. The van der Waals surface area contributed by atoms with Gasteiger partial charge in [-0.05, 0) is 19.9 Å². The Labute approximate surface area is 65.7 Å². The molecule has 2 atom stereocenters. The van der Waals surface area contributed by atoms with Crippen molar-refractivity contribution in [3.8, 4) is 0 Å². The van der Waals surface area contributed by atoms with Crippen LogP contribution in [0.2, 0.25) is 0 Å². The summed E-state index contributed by atoms with van der Waals surface area (Å²) in [6.45, 7) is 3.63. The fourth-order valence-electron chi connectivity index (χ4n) is 1.26. The molecule has 62 valence electrons. The van der Waals surface area contributed by atoms with E-state index in [0.29, 0.717) is 6.42 Å². The summed E-state index contributed by atoms with van der Waals surface area (Å²) < 4.78 is 4.93. The van der Waals surface area contributed by atoms with Crippen LogP contribution in [0.3, 0.4) is 0 Å². The van der Waals surface area contributed by atoms with Crippen molar-refractivity contribution in [1.29, 1.82) is 0 Å². The van der Waals surface area contributed by atoms with Crippen LogP contribution in [0.15, 0.2) is 12.2 Å². The summed E-state index contributed by atoms with van der Waals surface area (Å²) in [7, 11) is 0. The van der Waals surface area contributed by atoms with Crippen molar-refractivity contribution in [2.24, 2.45) is 0 Å². The van der Waals surface area contributed by atoms with Crippen LogP contribution in [0.1, 0.15) is 20.3 Å². The summed E-state index contributed by atoms with van der Waals surface area (Å²) in [5, 5.41) is 9.05. The van der Waals surface area contributed by atoms with E-state index < -0.39 is 17.7 Å². The molecule has 3 nitrogen and oxygen atoms in total. The molecule has 1 aliphatic heterocycles. The van der Waals surface area contributed by atoms with E-state index in [1.54, 1.807) is 13.0 Å². The fraction of sp³-hybridized carbons (Fsp3) is 0.625. The zero-order valence-corrected chi connectivity index (χ0v) is 6.70. The third-order valence-electron chi connectivity index (χ3n) is 1.72. The first kappa shape index (κ1) is 8.27. The maximum absolute atomic E-state index is 10.8. The maximum atomic E-state index is 10.8. The normalized spacial score (nSPS) is 38.1. The number of hydrogen-bond acceptors (Lipinski definition) is 3. The number of ether oxygens (including phenoxy) is 1. The third kappa shape index (κ3) is 1.60. The number of rotatable bonds is 1. The first-order valence-electron chi connectivity index (χ1n) is 3.62.